The molecule has 3 rings (SSSR count). The maximum Gasteiger partial charge on any atom is 0.227 e. The molecule has 31 heavy (non-hydrogen) atoms. The van der Waals surface area contributed by atoms with Crippen molar-refractivity contribution in [2.45, 2.75) is 25.4 Å². The molecule has 0 unspecified atom stereocenters. The van der Waals surface area contributed by atoms with E-state index in [-0.39, 0.29) is 12.5 Å². The van der Waals surface area contributed by atoms with E-state index in [0.29, 0.717) is 39.0 Å². The Kier molecular flexibility index (Phi) is 7.30. The Morgan fingerprint density at radius 3 is 2.42 bits per heavy atom. The zero-order valence-corrected chi connectivity index (χ0v) is 19.9. The summed E-state index contributed by atoms with van der Waals surface area (Å²) in [6.45, 7) is 5.54. The average molecular weight is 453 g/mol. The molecule has 2 fully saturated rings. The van der Waals surface area contributed by atoms with E-state index < -0.39 is 21.5 Å². The van der Waals surface area contributed by atoms with E-state index in [1.54, 1.807) is 14.1 Å². The van der Waals surface area contributed by atoms with E-state index >= 15 is 0 Å². The zero-order valence-electron chi connectivity index (χ0n) is 19.1. The average Bonchev–Trinajstić information content (AvgIpc) is 2.90. The molecule has 9 heteroatoms. The van der Waals surface area contributed by atoms with Crippen molar-refractivity contribution >= 4 is 21.6 Å². The van der Waals surface area contributed by atoms with E-state index in [4.69, 9.17) is 0 Å². The van der Waals surface area contributed by atoms with Gasteiger partial charge in [0.05, 0.1) is 17.8 Å². The number of hydrogen-bond acceptors (Lipinski definition) is 6. The number of rotatable bonds is 5. The van der Waals surface area contributed by atoms with Crippen molar-refractivity contribution in [1.82, 2.24) is 14.1 Å². The Morgan fingerprint density at radius 2 is 1.84 bits per heavy atom. The van der Waals surface area contributed by atoms with Crippen LogP contribution in [0.2, 0.25) is 0 Å². The van der Waals surface area contributed by atoms with Crippen molar-refractivity contribution in [1.29, 1.82) is 0 Å². The van der Waals surface area contributed by atoms with Crippen molar-refractivity contribution in [3.05, 3.63) is 29.8 Å². The van der Waals surface area contributed by atoms with Crippen LogP contribution in [0.4, 0.5) is 5.69 Å². The lowest BCUT2D eigenvalue weighted by Gasteiger charge is -2.42. The number of sulfonamides is 1. The molecule has 2 aliphatic rings. The van der Waals surface area contributed by atoms with Gasteiger partial charge in [0.1, 0.15) is 0 Å². The van der Waals surface area contributed by atoms with Crippen LogP contribution in [0.5, 0.6) is 0 Å². The first-order valence-electron chi connectivity index (χ1n) is 10.9. The molecule has 2 saturated heterocycles. The molecular weight excluding hydrogens is 416 g/mol. The van der Waals surface area contributed by atoms with Gasteiger partial charge in [0.2, 0.25) is 15.9 Å². The first-order valence-corrected chi connectivity index (χ1v) is 12.7. The van der Waals surface area contributed by atoms with Gasteiger partial charge in [-0.25, -0.2) is 12.7 Å². The van der Waals surface area contributed by atoms with E-state index in [1.165, 1.54) is 26.7 Å². The van der Waals surface area contributed by atoms with Gasteiger partial charge in [-0.2, -0.15) is 0 Å². The minimum absolute atomic E-state index is 0.0817. The molecule has 2 aliphatic heterocycles. The molecule has 0 aliphatic carbocycles. The summed E-state index contributed by atoms with van der Waals surface area (Å²) in [6, 6.07) is 8.40. The van der Waals surface area contributed by atoms with Crippen LogP contribution in [-0.4, -0.2) is 105 Å². The van der Waals surface area contributed by atoms with Crippen molar-refractivity contribution in [2.24, 2.45) is 5.92 Å². The minimum atomic E-state index is -3.39. The van der Waals surface area contributed by atoms with Crippen LogP contribution in [0.3, 0.4) is 0 Å². The SMILES string of the molecule is Cc1cccc(N2CCC(O)(CN3CCN(S(C)(=O)=O)C[C@@H](C(=O)N(C)C)C3)CC2)c1. The Labute approximate surface area is 186 Å². The van der Waals surface area contributed by atoms with Crippen molar-refractivity contribution in [3.63, 3.8) is 0 Å². The number of aryl methyl sites for hydroxylation is 1. The molecule has 1 aromatic rings. The van der Waals surface area contributed by atoms with E-state index in [0.717, 1.165) is 13.1 Å². The van der Waals surface area contributed by atoms with Crippen molar-refractivity contribution < 1.29 is 18.3 Å². The Balaban J connectivity index is 1.67. The third kappa shape index (κ3) is 6.19. The molecule has 2 heterocycles. The molecule has 1 amide bonds. The number of nitrogens with zero attached hydrogens (tertiary/aromatic N) is 4. The maximum atomic E-state index is 12.7. The van der Waals surface area contributed by atoms with E-state index in [1.807, 2.05) is 0 Å². The number of anilines is 1. The molecule has 0 aromatic heterocycles. The summed E-state index contributed by atoms with van der Waals surface area (Å²) < 4.78 is 25.7. The molecule has 8 nitrogen and oxygen atoms in total. The number of hydrogen-bond donors (Lipinski definition) is 1. The van der Waals surface area contributed by atoms with Gasteiger partial charge < -0.3 is 14.9 Å². The summed E-state index contributed by atoms with van der Waals surface area (Å²) in [4.78, 5) is 18.6. The van der Waals surface area contributed by atoms with E-state index in [9.17, 15) is 18.3 Å². The summed E-state index contributed by atoms with van der Waals surface area (Å²) in [6.07, 6.45) is 2.47. The lowest BCUT2D eigenvalue weighted by molar-refractivity contribution is -0.133. The standard InChI is InChI=1S/C22H36N4O4S/c1-18-6-5-7-20(14-18)25-10-8-22(28,9-11-25)17-24-12-13-26(31(4,29)30)16-19(15-24)21(27)23(2)3/h5-7,14,19,28H,8-13,15-17H2,1-4H3/t19-/m0/s1. The van der Waals surface area contributed by atoms with Gasteiger partial charge in [-0.05, 0) is 37.5 Å². The summed E-state index contributed by atoms with van der Waals surface area (Å²) in [5.41, 5.74) is 1.55. The van der Waals surface area contributed by atoms with Crippen LogP contribution in [-0.2, 0) is 14.8 Å². The monoisotopic (exact) mass is 452 g/mol. The van der Waals surface area contributed by atoms with Crippen LogP contribution < -0.4 is 4.90 Å². The van der Waals surface area contributed by atoms with E-state index in [2.05, 4.69) is 41.0 Å². The number of piperidine rings is 1. The predicted molar refractivity (Wildman–Crippen MR) is 123 cm³/mol. The zero-order chi connectivity index (χ0) is 22.8. The van der Waals surface area contributed by atoms with Crippen molar-refractivity contribution in [3.8, 4) is 0 Å². The van der Waals surface area contributed by atoms with Gasteiger partial charge >= 0.3 is 0 Å². The highest BCUT2D eigenvalue weighted by Gasteiger charge is 2.38. The predicted octanol–water partition coefficient (Wildman–Crippen LogP) is 0.608. The van der Waals surface area contributed by atoms with Crippen molar-refractivity contribution in [2.75, 3.05) is 71.1 Å². The summed E-state index contributed by atoms with van der Waals surface area (Å²) in [5, 5.41) is 11.3. The minimum Gasteiger partial charge on any atom is -0.388 e. The summed E-state index contributed by atoms with van der Waals surface area (Å²) in [5.74, 6) is -0.523. The van der Waals surface area contributed by atoms with Crippen LogP contribution in [0.1, 0.15) is 18.4 Å². The van der Waals surface area contributed by atoms with Gasteiger partial charge in [0.15, 0.2) is 0 Å². The first kappa shape index (κ1) is 24.0. The van der Waals surface area contributed by atoms with Gasteiger partial charge in [-0.3, -0.25) is 9.69 Å². The number of aliphatic hydroxyl groups is 1. The second-order valence-electron chi connectivity index (χ2n) is 9.34. The second kappa shape index (κ2) is 9.44. The highest BCUT2D eigenvalue weighted by Crippen LogP contribution is 2.28. The molecule has 0 bridgehead atoms. The van der Waals surface area contributed by atoms with Gasteiger partial charge in [0.25, 0.3) is 0 Å². The van der Waals surface area contributed by atoms with Crippen LogP contribution in [0, 0.1) is 12.8 Å². The molecule has 0 saturated carbocycles. The topological polar surface area (TPSA) is 84.4 Å². The third-order valence-electron chi connectivity index (χ3n) is 6.41. The molecule has 0 spiro atoms. The lowest BCUT2D eigenvalue weighted by atomic mass is 9.90. The second-order valence-corrected chi connectivity index (χ2v) is 11.3. The quantitative estimate of drug-likeness (QED) is 0.705. The fourth-order valence-electron chi connectivity index (χ4n) is 4.60. The lowest BCUT2D eigenvalue weighted by Crippen LogP contribution is -2.52. The molecule has 1 atom stereocenters. The maximum absolute atomic E-state index is 12.7. The van der Waals surface area contributed by atoms with Crippen LogP contribution in [0.15, 0.2) is 24.3 Å². The fraction of sp³-hybridized carbons (Fsp3) is 0.682. The van der Waals surface area contributed by atoms with Crippen LogP contribution >= 0.6 is 0 Å². The number of β-amino-alcohol motifs (C(OH)–C–C–N with tert-alkyl or cyclic N) is 1. The first-order chi connectivity index (χ1) is 14.5. The molecule has 0 radical (unpaired) electrons. The van der Waals surface area contributed by atoms with Gasteiger partial charge in [-0.1, -0.05) is 12.1 Å². The highest BCUT2D eigenvalue weighted by molar-refractivity contribution is 7.88. The number of benzene rings is 1. The largest absolute Gasteiger partial charge is 0.388 e. The molecular formula is C22H36N4O4S. The molecule has 1 N–H and O–H groups in total. The van der Waals surface area contributed by atoms with Gasteiger partial charge in [0, 0.05) is 65.6 Å². The Hall–Kier alpha value is -1.68. The molecule has 174 valence electrons. The number of carbonyl (C=O) groups is 1. The normalized spacial score (nSPS) is 23.4. The number of carbonyl (C=O) groups excluding carboxylic acids is 1. The molecule has 1 aromatic carbocycles. The Morgan fingerprint density at radius 1 is 1.16 bits per heavy atom. The fourth-order valence-corrected chi connectivity index (χ4v) is 5.46. The summed E-state index contributed by atoms with van der Waals surface area (Å²) >= 11 is 0. The Bertz CT molecular complexity index is 881. The van der Waals surface area contributed by atoms with Crippen LogP contribution in [0.25, 0.3) is 0 Å². The third-order valence-corrected chi connectivity index (χ3v) is 7.68. The highest BCUT2D eigenvalue weighted by atomic mass is 32.2. The summed E-state index contributed by atoms with van der Waals surface area (Å²) in [7, 11) is -0.00506. The number of amides is 1. The van der Waals surface area contributed by atoms with Gasteiger partial charge in [-0.15, -0.1) is 0 Å². The smallest absolute Gasteiger partial charge is 0.227 e.